The molecule has 0 unspecified atom stereocenters. The quantitative estimate of drug-likeness (QED) is 0.681. The Kier molecular flexibility index (Phi) is 3.34. The fourth-order valence-corrected chi connectivity index (χ4v) is 1.55. The van der Waals surface area contributed by atoms with Gasteiger partial charge in [-0.05, 0) is 19.8 Å². The van der Waals surface area contributed by atoms with E-state index in [1.165, 1.54) is 4.90 Å². The van der Waals surface area contributed by atoms with Crippen LogP contribution in [0.5, 0.6) is 0 Å². The molecule has 0 aromatic rings. The molecule has 0 aliphatic carbocycles. The molecule has 1 aliphatic rings. The summed E-state index contributed by atoms with van der Waals surface area (Å²) in [6, 6.07) is 0.168. The fraction of sp³-hybridized carbons (Fsp3) is 0.875. The Labute approximate surface area is 72.1 Å². The summed E-state index contributed by atoms with van der Waals surface area (Å²) in [6.45, 7) is 3.81. The first-order valence-corrected chi connectivity index (χ1v) is 4.33. The minimum atomic E-state index is -0.815. The zero-order valence-electron chi connectivity index (χ0n) is 7.32. The molecule has 0 bridgehead atoms. The Morgan fingerprint density at radius 2 is 2.17 bits per heavy atom. The van der Waals surface area contributed by atoms with Gasteiger partial charge in [-0.2, -0.15) is 0 Å². The van der Waals surface area contributed by atoms with Gasteiger partial charge in [0.1, 0.15) is 0 Å². The summed E-state index contributed by atoms with van der Waals surface area (Å²) >= 11 is 0. The van der Waals surface area contributed by atoms with Crippen LogP contribution in [0.1, 0.15) is 19.8 Å². The van der Waals surface area contributed by atoms with Gasteiger partial charge in [0.05, 0.1) is 0 Å². The molecule has 4 heteroatoms. The minimum absolute atomic E-state index is 0.168. The molecule has 4 nitrogen and oxygen atoms in total. The molecule has 1 heterocycles. The molecule has 0 radical (unpaired) electrons. The molecule has 1 rings (SSSR count). The second-order valence-corrected chi connectivity index (χ2v) is 2.91. The van der Waals surface area contributed by atoms with E-state index in [-0.39, 0.29) is 6.04 Å². The predicted molar refractivity (Wildman–Crippen MR) is 44.2 cm³/mol. The molecule has 1 amide bonds. The van der Waals surface area contributed by atoms with E-state index in [1.807, 2.05) is 6.92 Å². The van der Waals surface area contributed by atoms with Crippen LogP contribution in [0, 0.1) is 0 Å². The Bertz CT molecular complexity index is 154. The standard InChI is InChI=1S/C8H15NO3/c1-2-9(8(10)11)7-3-5-12-6-4-7/h7H,2-6H2,1H3,(H,10,11). The Balaban J connectivity index is 2.46. The van der Waals surface area contributed by atoms with E-state index >= 15 is 0 Å². The first-order chi connectivity index (χ1) is 5.75. The molecule has 0 spiro atoms. The summed E-state index contributed by atoms with van der Waals surface area (Å²) in [7, 11) is 0. The molecule has 1 aliphatic heterocycles. The zero-order valence-corrected chi connectivity index (χ0v) is 7.32. The van der Waals surface area contributed by atoms with Crippen LogP contribution >= 0.6 is 0 Å². The number of rotatable bonds is 2. The van der Waals surface area contributed by atoms with Gasteiger partial charge in [0.2, 0.25) is 0 Å². The van der Waals surface area contributed by atoms with Crippen LogP contribution in [0.4, 0.5) is 4.79 Å². The maximum Gasteiger partial charge on any atom is 0.407 e. The van der Waals surface area contributed by atoms with Crippen molar-refractivity contribution in [3.8, 4) is 0 Å². The van der Waals surface area contributed by atoms with Crippen molar-refractivity contribution >= 4 is 6.09 Å². The van der Waals surface area contributed by atoms with E-state index in [0.717, 1.165) is 12.8 Å². The van der Waals surface area contributed by atoms with E-state index in [9.17, 15) is 4.79 Å². The second-order valence-electron chi connectivity index (χ2n) is 2.91. The lowest BCUT2D eigenvalue weighted by atomic mass is 10.1. The molecule has 12 heavy (non-hydrogen) atoms. The molecular weight excluding hydrogens is 158 g/mol. The van der Waals surface area contributed by atoms with Crippen LogP contribution in [0.15, 0.2) is 0 Å². The van der Waals surface area contributed by atoms with Gasteiger partial charge in [-0.3, -0.25) is 0 Å². The fourth-order valence-electron chi connectivity index (χ4n) is 1.55. The molecule has 1 saturated heterocycles. The predicted octanol–water partition coefficient (Wildman–Crippen LogP) is 1.17. The minimum Gasteiger partial charge on any atom is -0.465 e. The highest BCUT2D eigenvalue weighted by Crippen LogP contribution is 2.13. The van der Waals surface area contributed by atoms with Crippen LogP contribution in [0.3, 0.4) is 0 Å². The van der Waals surface area contributed by atoms with Gasteiger partial charge in [0.15, 0.2) is 0 Å². The molecule has 0 saturated carbocycles. The molecule has 70 valence electrons. The van der Waals surface area contributed by atoms with Crippen molar-refractivity contribution < 1.29 is 14.6 Å². The van der Waals surface area contributed by atoms with Crippen LogP contribution < -0.4 is 0 Å². The lowest BCUT2D eigenvalue weighted by molar-refractivity contribution is 0.0375. The number of ether oxygens (including phenoxy) is 1. The third-order valence-electron chi connectivity index (χ3n) is 2.22. The van der Waals surface area contributed by atoms with Gasteiger partial charge in [-0.25, -0.2) is 4.79 Å². The van der Waals surface area contributed by atoms with Crippen molar-refractivity contribution in [2.45, 2.75) is 25.8 Å². The monoisotopic (exact) mass is 173 g/mol. The summed E-state index contributed by atoms with van der Waals surface area (Å²) in [5.74, 6) is 0. The third kappa shape index (κ3) is 2.11. The lowest BCUT2D eigenvalue weighted by Gasteiger charge is -2.31. The van der Waals surface area contributed by atoms with Gasteiger partial charge in [0, 0.05) is 25.8 Å². The van der Waals surface area contributed by atoms with Gasteiger partial charge in [-0.1, -0.05) is 0 Å². The van der Waals surface area contributed by atoms with Gasteiger partial charge in [0.25, 0.3) is 0 Å². The van der Waals surface area contributed by atoms with E-state index in [0.29, 0.717) is 19.8 Å². The molecule has 0 aromatic carbocycles. The van der Waals surface area contributed by atoms with Gasteiger partial charge < -0.3 is 14.7 Å². The van der Waals surface area contributed by atoms with Crippen molar-refractivity contribution in [2.75, 3.05) is 19.8 Å². The highest BCUT2D eigenvalue weighted by molar-refractivity contribution is 5.65. The average Bonchev–Trinajstić information content (AvgIpc) is 2.07. The lowest BCUT2D eigenvalue weighted by Crippen LogP contribution is -2.42. The van der Waals surface area contributed by atoms with E-state index in [2.05, 4.69) is 0 Å². The molecule has 0 atom stereocenters. The summed E-state index contributed by atoms with van der Waals surface area (Å²) in [6.07, 6.45) is 0.852. The first-order valence-electron chi connectivity index (χ1n) is 4.33. The summed E-state index contributed by atoms with van der Waals surface area (Å²) < 4.78 is 5.15. The molecular formula is C8H15NO3. The highest BCUT2D eigenvalue weighted by Gasteiger charge is 2.23. The first kappa shape index (κ1) is 9.32. The van der Waals surface area contributed by atoms with E-state index in [4.69, 9.17) is 9.84 Å². The van der Waals surface area contributed by atoms with Crippen molar-refractivity contribution in [3.63, 3.8) is 0 Å². The van der Waals surface area contributed by atoms with Crippen molar-refractivity contribution in [1.29, 1.82) is 0 Å². The Hall–Kier alpha value is -0.770. The van der Waals surface area contributed by atoms with Gasteiger partial charge in [-0.15, -0.1) is 0 Å². The smallest absolute Gasteiger partial charge is 0.407 e. The average molecular weight is 173 g/mol. The largest absolute Gasteiger partial charge is 0.465 e. The number of nitrogens with zero attached hydrogens (tertiary/aromatic N) is 1. The number of amides is 1. The maximum absolute atomic E-state index is 10.7. The van der Waals surface area contributed by atoms with Crippen LogP contribution in [-0.4, -0.2) is 41.9 Å². The summed E-state index contributed by atoms with van der Waals surface area (Å²) in [5.41, 5.74) is 0. The van der Waals surface area contributed by atoms with Crippen LogP contribution in [0.25, 0.3) is 0 Å². The van der Waals surface area contributed by atoms with Crippen molar-refractivity contribution in [2.24, 2.45) is 0 Å². The highest BCUT2D eigenvalue weighted by atomic mass is 16.5. The topological polar surface area (TPSA) is 49.8 Å². The van der Waals surface area contributed by atoms with Crippen LogP contribution in [-0.2, 0) is 4.74 Å². The Morgan fingerprint density at radius 3 is 2.58 bits per heavy atom. The van der Waals surface area contributed by atoms with Crippen molar-refractivity contribution in [1.82, 2.24) is 4.90 Å². The summed E-state index contributed by atoms with van der Waals surface area (Å²) in [4.78, 5) is 12.2. The number of hydrogen-bond acceptors (Lipinski definition) is 2. The van der Waals surface area contributed by atoms with Crippen molar-refractivity contribution in [3.05, 3.63) is 0 Å². The molecule has 0 aromatic heterocycles. The van der Waals surface area contributed by atoms with Gasteiger partial charge >= 0.3 is 6.09 Å². The summed E-state index contributed by atoms with van der Waals surface area (Å²) in [5, 5.41) is 8.81. The normalized spacial score (nSPS) is 19.1. The third-order valence-corrected chi connectivity index (χ3v) is 2.22. The number of carboxylic acid groups (broad SMARTS) is 1. The van der Waals surface area contributed by atoms with E-state index < -0.39 is 6.09 Å². The van der Waals surface area contributed by atoms with Crippen LogP contribution in [0.2, 0.25) is 0 Å². The second kappa shape index (κ2) is 4.30. The van der Waals surface area contributed by atoms with E-state index in [1.54, 1.807) is 0 Å². The number of hydrogen-bond donors (Lipinski definition) is 1. The number of carbonyl (C=O) groups is 1. The SMILES string of the molecule is CCN(C(=O)O)C1CCOCC1. The molecule has 1 fully saturated rings. The Morgan fingerprint density at radius 1 is 1.58 bits per heavy atom. The maximum atomic E-state index is 10.7. The molecule has 1 N–H and O–H groups in total. The zero-order chi connectivity index (χ0) is 8.97.